The standard InChI is InChI=1S/C18H20ClFN4O5S/c1-5-28-14(25)18(2)6-7-23(29-18)12-9-13(11(20)8-10(12)19)24-15(26)21(3)17(30)22(4)16(24)27/h8-9H,5-7H2,1-4H3. The van der Waals surface area contributed by atoms with E-state index in [9.17, 15) is 18.8 Å². The van der Waals surface area contributed by atoms with Crippen LogP contribution in [0.25, 0.3) is 5.69 Å². The van der Waals surface area contributed by atoms with Crippen LogP contribution in [0.1, 0.15) is 20.3 Å². The van der Waals surface area contributed by atoms with Crippen molar-refractivity contribution in [3.05, 3.63) is 48.7 Å². The number of hydrogen-bond donors (Lipinski definition) is 0. The quantitative estimate of drug-likeness (QED) is 0.510. The third kappa shape index (κ3) is 3.57. The van der Waals surface area contributed by atoms with Gasteiger partial charge in [0.1, 0.15) is 5.82 Å². The van der Waals surface area contributed by atoms with Crippen LogP contribution in [-0.4, -0.2) is 38.4 Å². The first-order valence-electron chi connectivity index (χ1n) is 9.04. The largest absolute Gasteiger partial charge is 0.464 e. The molecule has 2 aromatic rings. The van der Waals surface area contributed by atoms with E-state index < -0.39 is 28.8 Å². The zero-order chi connectivity index (χ0) is 22.4. The predicted molar refractivity (Wildman–Crippen MR) is 110 cm³/mol. The lowest BCUT2D eigenvalue weighted by atomic mass is 10.0. The molecule has 1 fully saturated rings. The number of ether oxygens (including phenoxy) is 1. The third-order valence-corrected chi connectivity index (χ3v) is 5.72. The van der Waals surface area contributed by atoms with Crippen molar-refractivity contribution in [1.29, 1.82) is 0 Å². The van der Waals surface area contributed by atoms with Crippen molar-refractivity contribution in [2.75, 3.05) is 18.2 Å². The maximum atomic E-state index is 14.7. The normalized spacial score (nSPS) is 18.7. The third-order valence-electron chi connectivity index (χ3n) is 4.87. The van der Waals surface area contributed by atoms with Gasteiger partial charge in [-0.1, -0.05) is 11.6 Å². The summed E-state index contributed by atoms with van der Waals surface area (Å²) < 4.78 is 22.5. The maximum absolute atomic E-state index is 14.7. The SMILES string of the molecule is CCOC(=O)C1(C)CCN(c2cc(-n3c(=O)n(C)c(=S)n(C)c3=O)c(F)cc2Cl)O1. The molecule has 0 radical (unpaired) electrons. The zero-order valence-electron chi connectivity index (χ0n) is 16.8. The number of anilines is 1. The molecular formula is C18H20ClFN4O5S. The zero-order valence-corrected chi connectivity index (χ0v) is 18.3. The van der Waals surface area contributed by atoms with Crippen molar-refractivity contribution in [3.8, 4) is 5.69 Å². The summed E-state index contributed by atoms with van der Waals surface area (Å²) in [6.45, 7) is 3.71. The fraction of sp³-hybridized carbons (Fsp3) is 0.444. The molecule has 0 saturated carbocycles. The lowest BCUT2D eigenvalue weighted by Gasteiger charge is -2.24. The van der Waals surface area contributed by atoms with Crippen molar-refractivity contribution >= 4 is 35.5 Å². The Hall–Kier alpha value is -2.50. The average molecular weight is 459 g/mol. The molecule has 12 heteroatoms. The van der Waals surface area contributed by atoms with E-state index in [-0.39, 0.29) is 34.3 Å². The molecule has 0 amide bonds. The topological polar surface area (TPSA) is 87.7 Å². The Morgan fingerprint density at radius 2 is 1.87 bits per heavy atom. The number of carbonyl (C=O) groups excluding carboxylic acids is 1. The van der Waals surface area contributed by atoms with Gasteiger partial charge in [0.05, 0.1) is 23.0 Å². The number of nitrogens with zero attached hydrogens (tertiary/aromatic N) is 4. The first-order chi connectivity index (χ1) is 14.0. The van der Waals surface area contributed by atoms with Gasteiger partial charge in [0.15, 0.2) is 10.4 Å². The summed E-state index contributed by atoms with van der Waals surface area (Å²) >= 11 is 11.2. The number of hydrogen-bond acceptors (Lipinski definition) is 7. The average Bonchev–Trinajstić information content (AvgIpc) is 3.10. The van der Waals surface area contributed by atoms with Gasteiger partial charge in [0, 0.05) is 27.1 Å². The van der Waals surface area contributed by atoms with E-state index in [4.69, 9.17) is 33.4 Å². The smallest absolute Gasteiger partial charge is 0.340 e. The number of benzene rings is 1. The van der Waals surface area contributed by atoms with Gasteiger partial charge in [-0.3, -0.25) is 19.0 Å². The molecule has 1 aliphatic heterocycles. The summed E-state index contributed by atoms with van der Waals surface area (Å²) in [6.07, 6.45) is 0.302. The fourth-order valence-corrected chi connectivity index (χ4v) is 3.51. The van der Waals surface area contributed by atoms with E-state index in [1.165, 1.54) is 25.2 Å². The van der Waals surface area contributed by atoms with Crippen LogP contribution in [0, 0.1) is 10.6 Å². The van der Waals surface area contributed by atoms with Gasteiger partial charge in [0.25, 0.3) is 0 Å². The molecule has 0 spiro atoms. The van der Waals surface area contributed by atoms with Crippen molar-refractivity contribution < 1.29 is 18.8 Å². The van der Waals surface area contributed by atoms with Crippen LogP contribution >= 0.6 is 23.8 Å². The summed E-state index contributed by atoms with van der Waals surface area (Å²) in [4.78, 5) is 43.2. The van der Waals surface area contributed by atoms with Gasteiger partial charge < -0.3 is 4.74 Å². The van der Waals surface area contributed by atoms with E-state index in [0.717, 1.165) is 15.2 Å². The molecule has 1 unspecified atom stereocenters. The summed E-state index contributed by atoms with van der Waals surface area (Å²) in [5, 5.41) is 1.30. The Kier molecular flexibility index (Phi) is 5.89. The van der Waals surface area contributed by atoms with Gasteiger partial charge in [-0.05, 0) is 38.2 Å². The molecule has 1 saturated heterocycles. The van der Waals surface area contributed by atoms with Gasteiger partial charge in [-0.25, -0.2) is 23.3 Å². The fourth-order valence-electron chi connectivity index (χ4n) is 3.11. The number of hydroxylamine groups is 1. The second kappa shape index (κ2) is 7.97. The lowest BCUT2D eigenvalue weighted by molar-refractivity contribution is -0.165. The van der Waals surface area contributed by atoms with E-state index in [2.05, 4.69) is 0 Å². The monoisotopic (exact) mass is 458 g/mol. The van der Waals surface area contributed by atoms with Crippen LogP contribution in [0.2, 0.25) is 5.02 Å². The molecule has 30 heavy (non-hydrogen) atoms. The van der Waals surface area contributed by atoms with Crippen LogP contribution in [0.4, 0.5) is 10.1 Å². The first-order valence-corrected chi connectivity index (χ1v) is 9.83. The number of halogens is 2. The summed E-state index contributed by atoms with van der Waals surface area (Å²) in [5.74, 6) is -1.42. The molecule has 1 aromatic carbocycles. The minimum atomic E-state index is -1.24. The molecule has 1 atom stereocenters. The second-order valence-electron chi connectivity index (χ2n) is 6.95. The van der Waals surface area contributed by atoms with Crippen molar-refractivity contribution in [2.24, 2.45) is 14.1 Å². The minimum Gasteiger partial charge on any atom is -0.464 e. The Bertz CT molecular complexity index is 1170. The lowest BCUT2D eigenvalue weighted by Crippen LogP contribution is -2.44. The molecule has 3 rings (SSSR count). The van der Waals surface area contributed by atoms with Crippen molar-refractivity contribution in [3.63, 3.8) is 0 Å². The van der Waals surface area contributed by atoms with Gasteiger partial charge >= 0.3 is 17.3 Å². The highest BCUT2D eigenvalue weighted by atomic mass is 35.5. The molecule has 1 aromatic heterocycles. The Morgan fingerprint density at radius 3 is 2.43 bits per heavy atom. The predicted octanol–water partition coefficient (Wildman–Crippen LogP) is 1.86. The summed E-state index contributed by atoms with van der Waals surface area (Å²) in [6, 6.07) is 2.20. The van der Waals surface area contributed by atoms with Crippen LogP contribution in [0.3, 0.4) is 0 Å². The van der Waals surface area contributed by atoms with Gasteiger partial charge in [0.2, 0.25) is 0 Å². The van der Waals surface area contributed by atoms with Crippen LogP contribution < -0.4 is 16.4 Å². The summed E-state index contributed by atoms with van der Waals surface area (Å²) in [5.41, 5.74) is -2.99. The molecule has 0 N–H and O–H groups in total. The number of carbonyl (C=O) groups is 1. The molecule has 2 heterocycles. The van der Waals surface area contributed by atoms with Crippen LogP contribution in [0.15, 0.2) is 21.7 Å². The second-order valence-corrected chi connectivity index (χ2v) is 7.72. The van der Waals surface area contributed by atoms with Crippen LogP contribution in [0.5, 0.6) is 0 Å². The Morgan fingerprint density at radius 1 is 1.27 bits per heavy atom. The maximum Gasteiger partial charge on any atom is 0.340 e. The van der Waals surface area contributed by atoms with E-state index >= 15 is 0 Å². The van der Waals surface area contributed by atoms with E-state index in [0.29, 0.717) is 11.0 Å². The van der Waals surface area contributed by atoms with Crippen molar-refractivity contribution in [2.45, 2.75) is 25.9 Å². The first kappa shape index (κ1) is 22.2. The highest BCUT2D eigenvalue weighted by Gasteiger charge is 2.44. The Balaban J connectivity index is 2.13. The molecule has 9 nitrogen and oxygen atoms in total. The molecule has 1 aliphatic rings. The number of aromatic nitrogens is 3. The van der Waals surface area contributed by atoms with Crippen LogP contribution in [-0.2, 0) is 28.5 Å². The molecule has 162 valence electrons. The highest BCUT2D eigenvalue weighted by molar-refractivity contribution is 7.71. The van der Waals surface area contributed by atoms with Crippen molar-refractivity contribution in [1.82, 2.24) is 13.7 Å². The van der Waals surface area contributed by atoms with E-state index in [1.807, 2.05) is 0 Å². The molecule has 0 aliphatic carbocycles. The summed E-state index contributed by atoms with van der Waals surface area (Å²) in [7, 11) is 2.76. The minimum absolute atomic E-state index is 0.0103. The molecule has 0 bridgehead atoms. The van der Waals surface area contributed by atoms with E-state index in [1.54, 1.807) is 13.8 Å². The van der Waals surface area contributed by atoms with Gasteiger partial charge in [-0.15, -0.1) is 0 Å². The number of rotatable bonds is 4. The molecular weight excluding hydrogens is 439 g/mol. The number of esters is 1. The highest BCUT2D eigenvalue weighted by Crippen LogP contribution is 2.36. The van der Waals surface area contributed by atoms with Gasteiger partial charge in [-0.2, -0.15) is 0 Å². The Labute approximate surface area is 180 Å².